The first kappa shape index (κ1) is 22.2. The van der Waals surface area contributed by atoms with Crippen LogP contribution in [0.4, 0.5) is 11.4 Å². The van der Waals surface area contributed by atoms with Crippen molar-refractivity contribution in [3.8, 4) is 5.82 Å². The Bertz CT molecular complexity index is 1190. The van der Waals surface area contributed by atoms with Gasteiger partial charge in [0.05, 0.1) is 26.3 Å². The number of nitro groups is 1. The average Bonchev–Trinajstić information content (AvgIpc) is 3.06. The number of esters is 1. The van der Waals surface area contributed by atoms with E-state index in [1.807, 2.05) is 19.9 Å². The van der Waals surface area contributed by atoms with Gasteiger partial charge < -0.3 is 10.1 Å². The molecule has 12 heteroatoms. The monoisotopic (exact) mass is 463 g/mol. The Labute approximate surface area is 185 Å². The molecule has 1 amide bonds. The molecular weight excluding hydrogens is 449 g/mol. The van der Waals surface area contributed by atoms with Crippen molar-refractivity contribution >= 4 is 46.5 Å². The van der Waals surface area contributed by atoms with Gasteiger partial charge >= 0.3 is 5.97 Å². The summed E-state index contributed by atoms with van der Waals surface area (Å²) in [5, 5.41) is 17.6. The van der Waals surface area contributed by atoms with Gasteiger partial charge in [-0.05, 0) is 38.1 Å². The minimum Gasteiger partial charge on any atom is -0.451 e. The maximum absolute atomic E-state index is 12.4. The average molecular weight is 464 g/mol. The standard InChI is InChI=1S/C19H15Cl2N5O5/c1-10-7-11(2)25(24-10)16-6-5-14(21)18(23-16)19(28)31-9-17(27)22-15-8-12(26(29)30)3-4-13(15)20/h3-8H,9H2,1-2H3,(H,22,27). The third-order valence-electron chi connectivity index (χ3n) is 4.02. The van der Waals surface area contributed by atoms with Crippen molar-refractivity contribution in [1.29, 1.82) is 0 Å². The molecule has 2 aromatic heterocycles. The molecule has 0 radical (unpaired) electrons. The van der Waals surface area contributed by atoms with E-state index >= 15 is 0 Å². The van der Waals surface area contributed by atoms with Gasteiger partial charge in [-0.15, -0.1) is 0 Å². The summed E-state index contributed by atoms with van der Waals surface area (Å²) < 4.78 is 6.52. The molecule has 0 spiro atoms. The predicted octanol–water partition coefficient (Wildman–Crippen LogP) is 3.89. The summed E-state index contributed by atoms with van der Waals surface area (Å²) in [6.45, 7) is 2.97. The molecule has 0 aliphatic heterocycles. The molecule has 3 rings (SSSR count). The number of halogens is 2. The minimum atomic E-state index is -0.923. The Hall–Kier alpha value is -3.50. The third kappa shape index (κ3) is 5.16. The van der Waals surface area contributed by atoms with E-state index in [0.717, 1.165) is 17.5 Å². The lowest BCUT2D eigenvalue weighted by molar-refractivity contribution is -0.384. The number of anilines is 1. The summed E-state index contributed by atoms with van der Waals surface area (Å²) in [5.41, 5.74) is 1.15. The van der Waals surface area contributed by atoms with Crippen LogP contribution in [0.2, 0.25) is 10.0 Å². The van der Waals surface area contributed by atoms with Gasteiger partial charge in [-0.3, -0.25) is 14.9 Å². The van der Waals surface area contributed by atoms with Crippen molar-refractivity contribution in [2.75, 3.05) is 11.9 Å². The molecule has 0 fully saturated rings. The van der Waals surface area contributed by atoms with Crippen LogP contribution in [0.25, 0.3) is 5.82 Å². The van der Waals surface area contributed by atoms with Gasteiger partial charge in [0.25, 0.3) is 11.6 Å². The number of amides is 1. The zero-order valence-electron chi connectivity index (χ0n) is 16.3. The lowest BCUT2D eigenvalue weighted by atomic mass is 10.3. The number of ether oxygens (including phenoxy) is 1. The zero-order chi connectivity index (χ0) is 22.7. The Morgan fingerprint density at radius 1 is 1.16 bits per heavy atom. The Morgan fingerprint density at radius 3 is 2.52 bits per heavy atom. The molecule has 0 aliphatic rings. The fourth-order valence-electron chi connectivity index (χ4n) is 2.66. The number of hydrogen-bond donors (Lipinski definition) is 1. The number of rotatable bonds is 6. The molecule has 0 saturated heterocycles. The number of non-ortho nitro benzene ring substituents is 1. The first-order chi connectivity index (χ1) is 14.7. The smallest absolute Gasteiger partial charge is 0.359 e. The van der Waals surface area contributed by atoms with E-state index < -0.39 is 23.4 Å². The number of aromatic nitrogens is 3. The topological polar surface area (TPSA) is 129 Å². The van der Waals surface area contributed by atoms with Gasteiger partial charge in [-0.2, -0.15) is 5.10 Å². The van der Waals surface area contributed by atoms with Gasteiger partial charge in [0.15, 0.2) is 18.1 Å². The number of pyridine rings is 1. The van der Waals surface area contributed by atoms with Crippen LogP contribution < -0.4 is 5.32 Å². The second-order valence-electron chi connectivity index (χ2n) is 6.38. The summed E-state index contributed by atoms with van der Waals surface area (Å²) in [7, 11) is 0. The number of aryl methyl sites for hydroxylation is 2. The van der Waals surface area contributed by atoms with Crippen LogP contribution in [0, 0.1) is 24.0 Å². The molecule has 10 nitrogen and oxygen atoms in total. The highest BCUT2D eigenvalue weighted by Crippen LogP contribution is 2.26. The maximum atomic E-state index is 12.4. The normalized spacial score (nSPS) is 10.6. The number of nitrogens with one attached hydrogen (secondary N) is 1. The fraction of sp³-hybridized carbons (Fsp3) is 0.158. The highest BCUT2D eigenvalue weighted by atomic mass is 35.5. The van der Waals surface area contributed by atoms with E-state index in [-0.39, 0.29) is 27.1 Å². The summed E-state index contributed by atoms with van der Waals surface area (Å²) in [4.78, 5) is 39.0. The summed E-state index contributed by atoms with van der Waals surface area (Å²) in [5.74, 6) is -1.31. The second kappa shape index (κ2) is 9.11. The predicted molar refractivity (Wildman–Crippen MR) is 113 cm³/mol. The highest BCUT2D eigenvalue weighted by molar-refractivity contribution is 6.34. The molecule has 0 aliphatic carbocycles. The number of carbonyl (C=O) groups excluding carboxylic acids is 2. The van der Waals surface area contributed by atoms with Crippen molar-refractivity contribution in [1.82, 2.24) is 14.8 Å². The molecule has 1 N–H and O–H groups in total. The van der Waals surface area contributed by atoms with Crippen LogP contribution in [0.1, 0.15) is 21.9 Å². The third-order valence-corrected chi connectivity index (χ3v) is 4.66. The molecule has 2 heterocycles. The molecule has 0 unspecified atom stereocenters. The summed E-state index contributed by atoms with van der Waals surface area (Å²) in [6.07, 6.45) is 0. The SMILES string of the molecule is Cc1cc(C)n(-c2ccc(Cl)c(C(=O)OCC(=O)Nc3cc([N+](=O)[O-])ccc3Cl)n2)n1. The van der Waals surface area contributed by atoms with Gasteiger partial charge in [-0.25, -0.2) is 14.5 Å². The van der Waals surface area contributed by atoms with Gasteiger partial charge in [0.2, 0.25) is 0 Å². The number of nitrogens with zero attached hydrogens (tertiary/aromatic N) is 4. The van der Waals surface area contributed by atoms with Crippen molar-refractivity contribution in [2.45, 2.75) is 13.8 Å². The number of benzene rings is 1. The summed E-state index contributed by atoms with van der Waals surface area (Å²) in [6, 6.07) is 8.47. The minimum absolute atomic E-state index is 0.0135. The van der Waals surface area contributed by atoms with E-state index in [4.69, 9.17) is 27.9 Å². The van der Waals surface area contributed by atoms with E-state index in [9.17, 15) is 19.7 Å². The number of hydrogen-bond acceptors (Lipinski definition) is 7. The molecule has 0 atom stereocenters. The van der Waals surface area contributed by atoms with E-state index in [1.54, 1.807) is 10.7 Å². The maximum Gasteiger partial charge on any atom is 0.359 e. The lowest BCUT2D eigenvalue weighted by Gasteiger charge is -2.10. The largest absolute Gasteiger partial charge is 0.451 e. The van der Waals surface area contributed by atoms with Gasteiger partial charge in [0.1, 0.15) is 0 Å². The van der Waals surface area contributed by atoms with Crippen molar-refractivity contribution in [3.05, 3.63) is 73.6 Å². The van der Waals surface area contributed by atoms with E-state index in [1.165, 1.54) is 18.2 Å². The quantitative estimate of drug-likeness (QED) is 0.333. The van der Waals surface area contributed by atoms with Crippen LogP contribution in [-0.4, -0.2) is 38.2 Å². The van der Waals surface area contributed by atoms with Crippen LogP contribution in [0.3, 0.4) is 0 Å². The van der Waals surface area contributed by atoms with Crippen molar-refractivity contribution in [3.63, 3.8) is 0 Å². The summed E-state index contributed by atoms with van der Waals surface area (Å²) >= 11 is 12.0. The number of nitro benzene ring substituents is 1. The Kier molecular flexibility index (Phi) is 6.52. The fourth-order valence-corrected chi connectivity index (χ4v) is 3.01. The number of carbonyl (C=O) groups is 2. The second-order valence-corrected chi connectivity index (χ2v) is 7.20. The molecule has 0 bridgehead atoms. The van der Waals surface area contributed by atoms with Crippen LogP contribution >= 0.6 is 23.2 Å². The van der Waals surface area contributed by atoms with Crippen LogP contribution in [-0.2, 0) is 9.53 Å². The Morgan fingerprint density at radius 2 is 1.87 bits per heavy atom. The van der Waals surface area contributed by atoms with Crippen LogP contribution in [0.15, 0.2) is 36.4 Å². The molecule has 160 valence electrons. The van der Waals surface area contributed by atoms with Crippen LogP contribution in [0.5, 0.6) is 0 Å². The van der Waals surface area contributed by atoms with Gasteiger partial charge in [0, 0.05) is 17.8 Å². The first-order valence-electron chi connectivity index (χ1n) is 8.77. The Balaban J connectivity index is 1.70. The molecule has 1 aromatic carbocycles. The lowest BCUT2D eigenvalue weighted by Crippen LogP contribution is -2.22. The van der Waals surface area contributed by atoms with Crippen molar-refractivity contribution < 1.29 is 19.2 Å². The molecule has 31 heavy (non-hydrogen) atoms. The molecule has 3 aromatic rings. The molecule has 0 saturated carbocycles. The first-order valence-corrected chi connectivity index (χ1v) is 9.52. The highest BCUT2D eigenvalue weighted by Gasteiger charge is 2.19. The van der Waals surface area contributed by atoms with E-state index in [0.29, 0.717) is 5.82 Å². The van der Waals surface area contributed by atoms with Crippen molar-refractivity contribution in [2.24, 2.45) is 0 Å². The zero-order valence-corrected chi connectivity index (χ0v) is 17.8. The van der Waals surface area contributed by atoms with E-state index in [2.05, 4.69) is 15.4 Å². The van der Waals surface area contributed by atoms with Gasteiger partial charge in [-0.1, -0.05) is 23.2 Å². The molecular formula is C19H15Cl2N5O5.